The van der Waals surface area contributed by atoms with Crippen molar-refractivity contribution < 1.29 is 4.79 Å². The number of benzene rings is 1. The summed E-state index contributed by atoms with van der Waals surface area (Å²) in [5.41, 5.74) is 1.76. The summed E-state index contributed by atoms with van der Waals surface area (Å²) >= 11 is 3.46. The van der Waals surface area contributed by atoms with Gasteiger partial charge in [0.15, 0.2) is 0 Å². The van der Waals surface area contributed by atoms with Gasteiger partial charge in [0.1, 0.15) is 0 Å². The first-order valence-electron chi connectivity index (χ1n) is 6.90. The summed E-state index contributed by atoms with van der Waals surface area (Å²) in [6.45, 7) is 7.12. The number of amides is 1. The van der Waals surface area contributed by atoms with Crippen molar-refractivity contribution in [1.82, 2.24) is 10.2 Å². The van der Waals surface area contributed by atoms with Gasteiger partial charge in [-0.3, -0.25) is 9.69 Å². The largest absolute Gasteiger partial charge is 0.350 e. The zero-order chi connectivity index (χ0) is 13.8. The minimum Gasteiger partial charge on any atom is -0.350 e. The molecule has 0 aliphatic carbocycles. The predicted molar refractivity (Wildman–Crippen MR) is 81.5 cm³/mol. The quantitative estimate of drug-likeness (QED) is 0.923. The molecule has 1 amide bonds. The average Bonchev–Trinajstić information content (AvgIpc) is 2.86. The minimum absolute atomic E-state index is 0.0294. The predicted octanol–water partition coefficient (Wildman–Crippen LogP) is 2.97. The Morgan fingerprint density at radius 2 is 2.32 bits per heavy atom. The van der Waals surface area contributed by atoms with Crippen LogP contribution in [0.1, 0.15) is 35.7 Å². The lowest BCUT2D eigenvalue weighted by Gasteiger charge is -2.23. The van der Waals surface area contributed by atoms with Crippen LogP contribution in [0, 0.1) is 6.92 Å². The molecule has 0 spiro atoms. The normalized spacial score (nSPS) is 19.6. The molecule has 1 aliphatic rings. The van der Waals surface area contributed by atoms with Crippen molar-refractivity contribution in [3.05, 3.63) is 33.8 Å². The van der Waals surface area contributed by atoms with Gasteiger partial charge in [-0.25, -0.2) is 0 Å². The number of rotatable bonds is 4. The number of nitrogens with one attached hydrogen (secondary N) is 1. The maximum atomic E-state index is 12.2. The molecule has 1 N–H and O–H groups in total. The number of likely N-dealkylation sites (N-methyl/N-ethyl adjacent to an activating group) is 1. The molecule has 1 heterocycles. The molecule has 1 unspecified atom stereocenters. The standard InChI is InChI=1S/C15H21BrN2O/c1-3-18-9-5-6-12(18)10-17-15(19)13-7-4-8-14(16)11(13)2/h4,7-8,12H,3,5-6,9-10H2,1-2H3,(H,17,19). The first-order chi connectivity index (χ1) is 9.13. The highest BCUT2D eigenvalue weighted by atomic mass is 79.9. The second kappa shape index (κ2) is 6.53. The van der Waals surface area contributed by atoms with Crippen molar-refractivity contribution in [3.63, 3.8) is 0 Å². The number of halogens is 1. The summed E-state index contributed by atoms with van der Waals surface area (Å²) in [4.78, 5) is 14.7. The van der Waals surface area contributed by atoms with Gasteiger partial charge in [0.25, 0.3) is 5.91 Å². The summed E-state index contributed by atoms with van der Waals surface area (Å²) in [5.74, 6) is 0.0294. The highest BCUT2D eigenvalue weighted by molar-refractivity contribution is 9.10. The second-order valence-electron chi connectivity index (χ2n) is 5.05. The maximum Gasteiger partial charge on any atom is 0.251 e. The second-order valence-corrected chi connectivity index (χ2v) is 5.90. The lowest BCUT2D eigenvalue weighted by Crippen LogP contribution is -2.40. The minimum atomic E-state index is 0.0294. The Morgan fingerprint density at radius 1 is 1.53 bits per heavy atom. The van der Waals surface area contributed by atoms with Crippen LogP contribution in [0.3, 0.4) is 0 Å². The van der Waals surface area contributed by atoms with E-state index < -0.39 is 0 Å². The number of likely N-dealkylation sites (tertiary alicyclic amines) is 1. The number of hydrogen-bond donors (Lipinski definition) is 1. The topological polar surface area (TPSA) is 32.3 Å². The summed E-state index contributed by atoms with van der Waals surface area (Å²) < 4.78 is 0.983. The van der Waals surface area contributed by atoms with Gasteiger partial charge >= 0.3 is 0 Å². The van der Waals surface area contributed by atoms with Crippen molar-refractivity contribution >= 4 is 21.8 Å². The van der Waals surface area contributed by atoms with Crippen molar-refractivity contribution in [3.8, 4) is 0 Å². The Bertz CT molecular complexity index is 461. The van der Waals surface area contributed by atoms with Gasteiger partial charge in [0, 0.05) is 22.6 Å². The number of carbonyl (C=O) groups excluding carboxylic acids is 1. The van der Waals surface area contributed by atoms with Crippen LogP contribution < -0.4 is 5.32 Å². The van der Waals surface area contributed by atoms with Gasteiger partial charge < -0.3 is 5.32 Å². The van der Waals surface area contributed by atoms with Crippen molar-refractivity contribution in [2.45, 2.75) is 32.7 Å². The van der Waals surface area contributed by atoms with Gasteiger partial charge in [0.2, 0.25) is 0 Å². The van der Waals surface area contributed by atoms with Crippen molar-refractivity contribution in [2.24, 2.45) is 0 Å². The molecule has 0 bridgehead atoms. The molecular weight excluding hydrogens is 304 g/mol. The third-order valence-electron chi connectivity index (χ3n) is 3.92. The van der Waals surface area contributed by atoms with Crippen LogP contribution in [0.5, 0.6) is 0 Å². The first-order valence-corrected chi connectivity index (χ1v) is 7.70. The Labute approximate surface area is 123 Å². The van der Waals surface area contributed by atoms with E-state index in [9.17, 15) is 4.79 Å². The Balaban J connectivity index is 1.96. The summed E-state index contributed by atoms with van der Waals surface area (Å²) in [6.07, 6.45) is 2.43. The van der Waals surface area contributed by atoms with Gasteiger partial charge in [-0.1, -0.05) is 28.9 Å². The monoisotopic (exact) mass is 324 g/mol. The maximum absolute atomic E-state index is 12.2. The van der Waals surface area contributed by atoms with Crippen LogP contribution in [-0.2, 0) is 0 Å². The van der Waals surface area contributed by atoms with E-state index in [0.29, 0.717) is 6.04 Å². The first kappa shape index (κ1) is 14.5. The van der Waals surface area contributed by atoms with E-state index in [4.69, 9.17) is 0 Å². The van der Waals surface area contributed by atoms with Crippen LogP contribution in [-0.4, -0.2) is 36.5 Å². The lowest BCUT2D eigenvalue weighted by atomic mass is 10.1. The summed E-state index contributed by atoms with van der Waals surface area (Å²) in [5, 5.41) is 3.07. The Morgan fingerprint density at radius 3 is 3.05 bits per heavy atom. The Kier molecular flexibility index (Phi) is 4.99. The van der Waals surface area contributed by atoms with E-state index in [1.165, 1.54) is 12.8 Å². The molecule has 3 nitrogen and oxygen atoms in total. The highest BCUT2D eigenvalue weighted by Crippen LogP contribution is 2.20. The van der Waals surface area contributed by atoms with E-state index in [1.54, 1.807) is 0 Å². The van der Waals surface area contributed by atoms with E-state index >= 15 is 0 Å². The molecule has 1 saturated heterocycles. The molecule has 4 heteroatoms. The molecule has 2 rings (SSSR count). The zero-order valence-corrected chi connectivity index (χ0v) is 13.2. The highest BCUT2D eigenvalue weighted by Gasteiger charge is 2.23. The third kappa shape index (κ3) is 3.37. The van der Waals surface area contributed by atoms with Crippen LogP contribution >= 0.6 is 15.9 Å². The molecule has 1 aromatic rings. The molecule has 0 radical (unpaired) electrons. The molecular formula is C15H21BrN2O. The van der Waals surface area contributed by atoms with Crippen molar-refractivity contribution in [1.29, 1.82) is 0 Å². The van der Waals surface area contributed by atoms with Crippen LogP contribution in [0.25, 0.3) is 0 Å². The fourth-order valence-electron chi connectivity index (χ4n) is 2.70. The van der Waals surface area contributed by atoms with E-state index in [0.717, 1.165) is 35.2 Å². The van der Waals surface area contributed by atoms with E-state index in [-0.39, 0.29) is 5.91 Å². The molecule has 1 aliphatic heterocycles. The molecule has 1 atom stereocenters. The van der Waals surface area contributed by atoms with Crippen LogP contribution in [0.2, 0.25) is 0 Å². The van der Waals surface area contributed by atoms with E-state index in [1.807, 2.05) is 25.1 Å². The molecule has 1 aromatic carbocycles. The molecule has 0 aromatic heterocycles. The fraction of sp³-hybridized carbons (Fsp3) is 0.533. The summed E-state index contributed by atoms with van der Waals surface area (Å²) in [6, 6.07) is 6.24. The van der Waals surface area contributed by atoms with Gasteiger partial charge in [-0.05, 0) is 50.6 Å². The smallest absolute Gasteiger partial charge is 0.251 e. The van der Waals surface area contributed by atoms with Gasteiger partial charge in [-0.2, -0.15) is 0 Å². The summed E-state index contributed by atoms with van der Waals surface area (Å²) in [7, 11) is 0. The average molecular weight is 325 g/mol. The Hall–Kier alpha value is -0.870. The molecule has 19 heavy (non-hydrogen) atoms. The lowest BCUT2D eigenvalue weighted by molar-refractivity contribution is 0.0940. The number of hydrogen-bond acceptors (Lipinski definition) is 2. The van der Waals surface area contributed by atoms with Crippen LogP contribution in [0.15, 0.2) is 22.7 Å². The van der Waals surface area contributed by atoms with Gasteiger partial charge in [0.05, 0.1) is 0 Å². The van der Waals surface area contributed by atoms with E-state index in [2.05, 4.69) is 33.1 Å². The SMILES string of the molecule is CCN1CCCC1CNC(=O)c1cccc(Br)c1C. The number of nitrogens with zero attached hydrogens (tertiary/aromatic N) is 1. The van der Waals surface area contributed by atoms with Gasteiger partial charge in [-0.15, -0.1) is 0 Å². The molecule has 0 saturated carbocycles. The molecule has 104 valence electrons. The number of carbonyl (C=O) groups is 1. The third-order valence-corrected chi connectivity index (χ3v) is 4.77. The fourth-order valence-corrected chi connectivity index (χ4v) is 3.07. The van der Waals surface area contributed by atoms with Crippen molar-refractivity contribution in [2.75, 3.05) is 19.6 Å². The van der Waals surface area contributed by atoms with Crippen LogP contribution in [0.4, 0.5) is 0 Å². The zero-order valence-electron chi connectivity index (χ0n) is 11.6. The molecule has 1 fully saturated rings.